The highest BCUT2D eigenvalue weighted by molar-refractivity contribution is 5.96. The zero-order valence-corrected chi connectivity index (χ0v) is 21.1. The van der Waals surface area contributed by atoms with Gasteiger partial charge in [0.15, 0.2) is 0 Å². The van der Waals surface area contributed by atoms with Crippen LogP contribution in [0.3, 0.4) is 0 Å². The van der Waals surface area contributed by atoms with Crippen LogP contribution in [0, 0.1) is 0 Å². The van der Waals surface area contributed by atoms with E-state index in [4.69, 9.17) is 5.73 Å². The summed E-state index contributed by atoms with van der Waals surface area (Å²) >= 11 is 0. The molecular weight excluding hydrogens is 462 g/mol. The summed E-state index contributed by atoms with van der Waals surface area (Å²) in [6.45, 7) is 9.95. The van der Waals surface area contributed by atoms with Gasteiger partial charge in [0.1, 0.15) is 36.5 Å². The maximum absolute atomic E-state index is 12.4. The highest BCUT2D eigenvalue weighted by Crippen LogP contribution is 1.94. The van der Waals surface area contributed by atoms with Gasteiger partial charge in [0.25, 0.3) is 0 Å². The normalized spacial score (nSPS) is 16.6. The fraction of sp³-hybridized carbons (Fsp3) is 0.667. The monoisotopic (exact) mass is 499 g/mol. The molecule has 0 heterocycles. The largest absolute Gasteiger partial charge is 0.345 e. The Bertz CT molecular complexity index is 818. The van der Waals surface area contributed by atoms with Gasteiger partial charge in [-0.15, -0.1) is 0 Å². The van der Waals surface area contributed by atoms with E-state index in [2.05, 4.69) is 31.9 Å². The average molecular weight is 500 g/mol. The Morgan fingerprint density at radius 2 is 0.714 bits per heavy atom. The van der Waals surface area contributed by atoms with Crippen molar-refractivity contribution in [3.63, 3.8) is 0 Å². The van der Waals surface area contributed by atoms with E-state index in [-0.39, 0.29) is 0 Å². The molecule has 7 atom stereocenters. The van der Waals surface area contributed by atoms with Gasteiger partial charge in [-0.3, -0.25) is 28.8 Å². The molecule has 198 valence electrons. The molecule has 0 aliphatic heterocycles. The maximum atomic E-state index is 12.4. The lowest BCUT2D eigenvalue weighted by atomic mass is 10.2. The summed E-state index contributed by atoms with van der Waals surface area (Å²) in [5.41, 5.74) is 5.43. The van der Waals surface area contributed by atoms with Crippen molar-refractivity contribution in [3.8, 4) is 0 Å². The lowest BCUT2D eigenvalue weighted by Crippen LogP contribution is -2.57. The van der Waals surface area contributed by atoms with Crippen LogP contribution in [-0.4, -0.2) is 84.0 Å². The number of carbonyl (C=O) groups is 7. The first kappa shape index (κ1) is 31.4. The first-order chi connectivity index (χ1) is 16.1. The molecular formula is C21H37N7O7. The summed E-state index contributed by atoms with van der Waals surface area (Å²) in [5.74, 6) is -3.72. The number of aldehydes is 1. The molecule has 0 rings (SSSR count). The Balaban J connectivity index is 4.69. The molecule has 0 saturated carbocycles. The van der Waals surface area contributed by atoms with Gasteiger partial charge in [-0.05, 0) is 48.5 Å². The second-order valence-electron chi connectivity index (χ2n) is 8.37. The zero-order chi connectivity index (χ0) is 27.5. The van der Waals surface area contributed by atoms with Gasteiger partial charge in [0.2, 0.25) is 35.4 Å². The Kier molecular flexibility index (Phi) is 13.2. The van der Waals surface area contributed by atoms with Gasteiger partial charge < -0.3 is 42.4 Å². The summed E-state index contributed by atoms with van der Waals surface area (Å²) in [6, 6.07) is -6.52. The number of nitrogens with one attached hydrogen (secondary N) is 6. The molecule has 14 nitrogen and oxygen atoms in total. The second-order valence-corrected chi connectivity index (χ2v) is 8.37. The van der Waals surface area contributed by atoms with Gasteiger partial charge in [-0.25, -0.2) is 0 Å². The van der Waals surface area contributed by atoms with Gasteiger partial charge in [0, 0.05) is 0 Å². The fourth-order valence-electron chi connectivity index (χ4n) is 2.41. The first-order valence-electron chi connectivity index (χ1n) is 11.1. The van der Waals surface area contributed by atoms with E-state index in [1.165, 1.54) is 48.5 Å². The van der Waals surface area contributed by atoms with Crippen LogP contribution in [0.1, 0.15) is 48.5 Å². The predicted octanol–water partition coefficient (Wildman–Crippen LogP) is -3.44. The summed E-state index contributed by atoms with van der Waals surface area (Å²) in [4.78, 5) is 83.2. The minimum Gasteiger partial charge on any atom is -0.345 e. The molecule has 0 aliphatic carbocycles. The molecule has 0 aromatic rings. The lowest BCUT2D eigenvalue weighted by molar-refractivity contribution is -0.134. The van der Waals surface area contributed by atoms with Crippen molar-refractivity contribution in [1.29, 1.82) is 0 Å². The summed E-state index contributed by atoms with van der Waals surface area (Å²) < 4.78 is 0. The van der Waals surface area contributed by atoms with E-state index in [0.29, 0.717) is 6.29 Å². The van der Waals surface area contributed by atoms with Crippen molar-refractivity contribution in [2.75, 3.05) is 0 Å². The summed E-state index contributed by atoms with van der Waals surface area (Å²) in [5, 5.41) is 14.4. The van der Waals surface area contributed by atoms with Crippen molar-refractivity contribution in [3.05, 3.63) is 0 Å². The number of rotatable bonds is 13. The van der Waals surface area contributed by atoms with Crippen molar-refractivity contribution in [1.82, 2.24) is 31.9 Å². The van der Waals surface area contributed by atoms with Crippen LogP contribution in [0.25, 0.3) is 0 Å². The second kappa shape index (κ2) is 14.7. The molecule has 0 saturated heterocycles. The number of amides is 6. The van der Waals surface area contributed by atoms with Crippen LogP contribution in [0.5, 0.6) is 0 Å². The average Bonchev–Trinajstić information content (AvgIpc) is 2.77. The molecule has 0 spiro atoms. The van der Waals surface area contributed by atoms with E-state index < -0.39 is 77.7 Å². The van der Waals surface area contributed by atoms with Crippen molar-refractivity contribution in [2.45, 2.75) is 90.8 Å². The maximum Gasteiger partial charge on any atom is 0.242 e. The number of hydrogen-bond acceptors (Lipinski definition) is 8. The van der Waals surface area contributed by atoms with Crippen molar-refractivity contribution < 1.29 is 33.6 Å². The Morgan fingerprint density at radius 1 is 0.486 bits per heavy atom. The number of carbonyl (C=O) groups excluding carboxylic acids is 7. The van der Waals surface area contributed by atoms with Crippen LogP contribution in [-0.2, 0) is 33.6 Å². The third-order valence-electron chi connectivity index (χ3n) is 4.75. The quantitative estimate of drug-likeness (QED) is 0.126. The van der Waals surface area contributed by atoms with Crippen LogP contribution < -0.4 is 37.6 Å². The molecule has 8 N–H and O–H groups in total. The van der Waals surface area contributed by atoms with Crippen LogP contribution >= 0.6 is 0 Å². The fourth-order valence-corrected chi connectivity index (χ4v) is 2.41. The molecule has 35 heavy (non-hydrogen) atoms. The number of nitrogens with two attached hydrogens (primary N) is 1. The summed E-state index contributed by atoms with van der Waals surface area (Å²) in [6.07, 6.45) is 0.540. The molecule has 0 bridgehead atoms. The Morgan fingerprint density at radius 3 is 0.943 bits per heavy atom. The number of hydrogen-bond donors (Lipinski definition) is 7. The van der Waals surface area contributed by atoms with E-state index in [0.717, 1.165) is 0 Å². The van der Waals surface area contributed by atoms with Gasteiger partial charge in [0.05, 0.1) is 12.1 Å². The lowest BCUT2D eigenvalue weighted by Gasteiger charge is -2.22. The van der Waals surface area contributed by atoms with E-state index in [9.17, 15) is 33.6 Å². The topological polar surface area (TPSA) is 218 Å². The molecule has 0 radical (unpaired) electrons. The molecule has 0 aliphatic rings. The van der Waals surface area contributed by atoms with E-state index >= 15 is 0 Å². The molecule has 0 aromatic heterocycles. The SMILES string of the molecule is C[C@H](N)C(=O)N[C@@H](C)C(=O)N[C@@H](C)C(=O)N[C@@H](C)C(=O)N[C@@H](C)C(=O)N[C@@H](C)C(=O)N[C@@H](C)C=O. The predicted molar refractivity (Wildman–Crippen MR) is 125 cm³/mol. The van der Waals surface area contributed by atoms with Crippen molar-refractivity contribution in [2.24, 2.45) is 5.73 Å². The Labute approximate surface area is 204 Å². The molecule has 6 amide bonds. The third kappa shape index (κ3) is 11.4. The van der Waals surface area contributed by atoms with E-state index in [1.54, 1.807) is 0 Å². The van der Waals surface area contributed by atoms with Crippen LogP contribution in [0.15, 0.2) is 0 Å². The minimum atomic E-state index is -1.05. The van der Waals surface area contributed by atoms with Gasteiger partial charge in [-0.1, -0.05) is 0 Å². The third-order valence-corrected chi connectivity index (χ3v) is 4.75. The van der Waals surface area contributed by atoms with Crippen molar-refractivity contribution >= 4 is 41.7 Å². The highest BCUT2D eigenvalue weighted by atomic mass is 16.2. The first-order valence-corrected chi connectivity index (χ1v) is 11.1. The van der Waals surface area contributed by atoms with Crippen LogP contribution in [0.4, 0.5) is 0 Å². The zero-order valence-electron chi connectivity index (χ0n) is 21.1. The Hall–Kier alpha value is -3.55. The molecule has 0 unspecified atom stereocenters. The minimum absolute atomic E-state index is 0.529. The molecule has 14 heteroatoms. The van der Waals surface area contributed by atoms with Crippen LogP contribution in [0.2, 0.25) is 0 Å². The molecule has 0 aromatic carbocycles. The van der Waals surface area contributed by atoms with E-state index in [1.807, 2.05) is 0 Å². The highest BCUT2D eigenvalue weighted by Gasteiger charge is 2.26. The van der Waals surface area contributed by atoms with Gasteiger partial charge >= 0.3 is 0 Å². The van der Waals surface area contributed by atoms with Gasteiger partial charge in [-0.2, -0.15) is 0 Å². The molecule has 0 fully saturated rings. The summed E-state index contributed by atoms with van der Waals surface area (Å²) in [7, 11) is 0. The smallest absolute Gasteiger partial charge is 0.242 e. The standard InChI is InChI=1S/C21H37N7O7/c1-9(8-29)23-17(31)11(3)25-19(33)13(5)27-21(35)15(7)28-20(34)14(6)26-18(32)12(4)24-16(30)10(2)22/h8-15H,22H2,1-7H3,(H,23,31)(H,24,30)(H,25,33)(H,26,32)(H,27,35)(H,28,34)/t9-,10-,11-,12-,13-,14-,15-/m0/s1.